The van der Waals surface area contributed by atoms with Crippen LogP contribution in [-0.4, -0.2) is 30.8 Å². The molecule has 3 N–H and O–H groups in total. The molecule has 106 valence electrons. The first-order chi connectivity index (χ1) is 7.68. The predicted molar refractivity (Wildman–Crippen MR) is 82.2 cm³/mol. The highest BCUT2D eigenvalue weighted by molar-refractivity contribution is 6.30. The van der Waals surface area contributed by atoms with Gasteiger partial charge in [0.05, 0.1) is 6.10 Å². The van der Waals surface area contributed by atoms with E-state index in [1.807, 2.05) is 24.3 Å². The van der Waals surface area contributed by atoms with Gasteiger partial charge in [-0.2, -0.15) is 0 Å². The lowest BCUT2D eigenvalue weighted by Gasteiger charge is -2.08. The van der Waals surface area contributed by atoms with Crippen LogP contribution in [0.3, 0.4) is 0 Å². The monoisotopic (exact) mass is 314 g/mol. The van der Waals surface area contributed by atoms with E-state index in [2.05, 4.69) is 10.6 Å². The van der Waals surface area contributed by atoms with Crippen molar-refractivity contribution in [2.24, 2.45) is 0 Å². The van der Waals surface area contributed by atoms with Crippen LogP contribution in [0.1, 0.15) is 12.5 Å². The lowest BCUT2D eigenvalue weighted by molar-refractivity contribution is 0.191. The van der Waals surface area contributed by atoms with Gasteiger partial charge in [-0.05, 0) is 24.6 Å². The van der Waals surface area contributed by atoms with E-state index in [-0.39, 0.29) is 30.9 Å². The summed E-state index contributed by atoms with van der Waals surface area (Å²) in [7, 11) is 0. The Morgan fingerprint density at radius 3 is 2.22 bits per heavy atom. The molecule has 1 aromatic carbocycles. The van der Waals surface area contributed by atoms with Gasteiger partial charge in [-0.25, -0.2) is 0 Å². The van der Waals surface area contributed by atoms with Crippen molar-refractivity contribution >= 4 is 36.4 Å². The molecule has 1 aromatic rings. The number of nitrogens with one attached hydrogen (secondary N) is 2. The van der Waals surface area contributed by atoms with Crippen LogP contribution in [0.5, 0.6) is 0 Å². The van der Waals surface area contributed by atoms with Gasteiger partial charge in [-0.1, -0.05) is 23.7 Å². The average Bonchev–Trinajstić information content (AvgIpc) is 2.25. The molecule has 0 heterocycles. The van der Waals surface area contributed by atoms with Crippen LogP contribution in [0.2, 0.25) is 5.02 Å². The Balaban J connectivity index is 0. The number of hydrogen-bond donors (Lipinski definition) is 3. The summed E-state index contributed by atoms with van der Waals surface area (Å²) in [6, 6.07) is 7.81. The van der Waals surface area contributed by atoms with E-state index in [4.69, 9.17) is 16.7 Å². The Hall–Kier alpha value is -0.0300. The molecule has 3 nitrogen and oxygen atoms in total. The van der Waals surface area contributed by atoms with E-state index >= 15 is 0 Å². The molecule has 1 unspecified atom stereocenters. The summed E-state index contributed by atoms with van der Waals surface area (Å²) in [4.78, 5) is 0. The maximum absolute atomic E-state index is 9.02. The molecule has 0 saturated heterocycles. The van der Waals surface area contributed by atoms with Gasteiger partial charge in [0.25, 0.3) is 0 Å². The van der Waals surface area contributed by atoms with Gasteiger partial charge in [0, 0.05) is 31.2 Å². The fourth-order valence-corrected chi connectivity index (χ4v) is 1.45. The van der Waals surface area contributed by atoms with Crippen LogP contribution < -0.4 is 10.6 Å². The van der Waals surface area contributed by atoms with Gasteiger partial charge >= 0.3 is 0 Å². The lowest BCUT2D eigenvalue weighted by Crippen LogP contribution is -2.31. The third-order valence-electron chi connectivity index (χ3n) is 2.16. The average molecular weight is 316 g/mol. The summed E-state index contributed by atoms with van der Waals surface area (Å²) in [6.45, 7) is 5.00. The number of aliphatic hydroxyl groups is 1. The maximum atomic E-state index is 9.02. The van der Waals surface area contributed by atoms with Crippen LogP contribution in [0.4, 0.5) is 0 Å². The third-order valence-corrected chi connectivity index (χ3v) is 2.41. The molecule has 0 amide bonds. The maximum Gasteiger partial charge on any atom is 0.0636 e. The number of hydrogen-bond acceptors (Lipinski definition) is 3. The molecular formula is C12H21Cl3N2O. The molecule has 1 rings (SSSR count). The van der Waals surface area contributed by atoms with Gasteiger partial charge in [-0.15, -0.1) is 24.8 Å². The smallest absolute Gasteiger partial charge is 0.0636 e. The molecule has 0 aromatic heterocycles. The van der Waals surface area contributed by atoms with Crippen molar-refractivity contribution in [2.45, 2.75) is 19.6 Å². The molecule has 0 aliphatic heterocycles. The minimum absolute atomic E-state index is 0. The molecule has 1 atom stereocenters. The summed E-state index contributed by atoms with van der Waals surface area (Å²) < 4.78 is 0. The zero-order chi connectivity index (χ0) is 11.8. The first kappa shape index (κ1) is 20.3. The molecule has 0 fully saturated rings. The second-order valence-corrected chi connectivity index (χ2v) is 4.29. The van der Waals surface area contributed by atoms with E-state index in [1.165, 1.54) is 5.56 Å². The first-order valence-corrected chi connectivity index (χ1v) is 5.90. The van der Waals surface area contributed by atoms with Crippen LogP contribution in [0.15, 0.2) is 24.3 Å². The first-order valence-electron chi connectivity index (χ1n) is 5.52. The molecule has 0 saturated carbocycles. The summed E-state index contributed by atoms with van der Waals surface area (Å²) >= 11 is 5.79. The number of benzene rings is 1. The summed E-state index contributed by atoms with van der Waals surface area (Å²) in [5.74, 6) is 0. The fraction of sp³-hybridized carbons (Fsp3) is 0.500. The van der Waals surface area contributed by atoms with E-state index < -0.39 is 0 Å². The van der Waals surface area contributed by atoms with E-state index in [9.17, 15) is 0 Å². The van der Waals surface area contributed by atoms with E-state index in [1.54, 1.807) is 6.92 Å². The Morgan fingerprint density at radius 2 is 1.67 bits per heavy atom. The highest BCUT2D eigenvalue weighted by Crippen LogP contribution is 2.08. The zero-order valence-electron chi connectivity index (χ0n) is 10.4. The van der Waals surface area contributed by atoms with Gasteiger partial charge in [0.1, 0.15) is 0 Å². The molecule has 0 bridgehead atoms. The summed E-state index contributed by atoms with van der Waals surface area (Å²) in [5.41, 5.74) is 1.22. The quantitative estimate of drug-likeness (QED) is 0.676. The van der Waals surface area contributed by atoms with Crippen molar-refractivity contribution in [1.29, 1.82) is 0 Å². The SMILES string of the molecule is CC(O)CNCCNCc1ccc(Cl)cc1.Cl.Cl. The van der Waals surface area contributed by atoms with Crippen molar-refractivity contribution in [1.82, 2.24) is 10.6 Å². The second-order valence-electron chi connectivity index (χ2n) is 3.86. The Bertz CT molecular complexity index is 294. The Labute approximate surface area is 126 Å². The zero-order valence-corrected chi connectivity index (χ0v) is 12.7. The van der Waals surface area contributed by atoms with Gasteiger partial charge in [0.2, 0.25) is 0 Å². The summed E-state index contributed by atoms with van der Waals surface area (Å²) in [6.07, 6.45) is -0.281. The highest BCUT2D eigenvalue weighted by Gasteiger charge is 1.94. The second kappa shape index (κ2) is 12.0. The van der Waals surface area contributed by atoms with Crippen molar-refractivity contribution in [2.75, 3.05) is 19.6 Å². The van der Waals surface area contributed by atoms with Crippen molar-refractivity contribution < 1.29 is 5.11 Å². The van der Waals surface area contributed by atoms with Crippen molar-refractivity contribution in [3.05, 3.63) is 34.9 Å². The standard InChI is InChI=1S/C12H19ClN2O.2ClH/c1-10(16)8-14-6-7-15-9-11-2-4-12(13)5-3-11;;/h2-5,10,14-16H,6-9H2,1H3;2*1H. The molecule has 18 heavy (non-hydrogen) atoms. The number of rotatable bonds is 7. The Morgan fingerprint density at radius 1 is 1.11 bits per heavy atom. The third kappa shape index (κ3) is 9.95. The fourth-order valence-electron chi connectivity index (χ4n) is 1.32. The highest BCUT2D eigenvalue weighted by atomic mass is 35.5. The van der Waals surface area contributed by atoms with E-state index in [0.717, 1.165) is 24.7 Å². The minimum Gasteiger partial charge on any atom is -0.392 e. The molecule has 0 aliphatic rings. The molecule has 0 spiro atoms. The summed E-state index contributed by atoms with van der Waals surface area (Å²) in [5, 5.41) is 16.2. The van der Waals surface area contributed by atoms with Crippen molar-refractivity contribution in [3.63, 3.8) is 0 Å². The largest absolute Gasteiger partial charge is 0.392 e. The normalized spacial score (nSPS) is 11.3. The van der Waals surface area contributed by atoms with Crippen LogP contribution >= 0.6 is 36.4 Å². The lowest BCUT2D eigenvalue weighted by atomic mass is 10.2. The van der Waals surface area contributed by atoms with Crippen molar-refractivity contribution in [3.8, 4) is 0 Å². The van der Waals surface area contributed by atoms with Gasteiger partial charge < -0.3 is 15.7 Å². The van der Waals surface area contributed by atoms with Crippen LogP contribution in [0.25, 0.3) is 0 Å². The molecule has 6 heteroatoms. The predicted octanol–water partition coefficient (Wildman–Crippen LogP) is 2.24. The van der Waals surface area contributed by atoms with Crippen LogP contribution in [-0.2, 0) is 6.54 Å². The molecule has 0 aliphatic carbocycles. The topological polar surface area (TPSA) is 44.3 Å². The molecular weight excluding hydrogens is 295 g/mol. The van der Waals surface area contributed by atoms with E-state index in [0.29, 0.717) is 6.54 Å². The molecule has 0 radical (unpaired) electrons. The van der Waals surface area contributed by atoms with Gasteiger partial charge in [0.15, 0.2) is 0 Å². The Kier molecular flexibility index (Phi) is 13.6. The minimum atomic E-state index is -0.281. The van der Waals surface area contributed by atoms with Gasteiger partial charge in [-0.3, -0.25) is 0 Å². The number of halogens is 3. The number of aliphatic hydroxyl groups excluding tert-OH is 1. The van der Waals surface area contributed by atoms with Crippen LogP contribution in [0, 0.1) is 0 Å².